The van der Waals surface area contributed by atoms with Gasteiger partial charge in [0.1, 0.15) is 0 Å². The minimum absolute atomic E-state index is 1.03. The topological polar surface area (TPSA) is 6.48 Å². The lowest BCUT2D eigenvalue weighted by molar-refractivity contribution is 0.402. The van der Waals surface area contributed by atoms with Gasteiger partial charge in [0, 0.05) is 25.3 Å². The fourth-order valence-corrected chi connectivity index (χ4v) is 2.65. The molecule has 0 radical (unpaired) electrons. The van der Waals surface area contributed by atoms with Crippen LogP contribution in [-0.4, -0.2) is 32.1 Å². The van der Waals surface area contributed by atoms with Crippen molar-refractivity contribution in [3.8, 4) is 0 Å². The first-order valence-corrected chi connectivity index (χ1v) is 6.72. The maximum Gasteiger partial charge on any atom is 0.0398 e. The zero-order chi connectivity index (χ0) is 12.3. The van der Waals surface area contributed by atoms with Crippen molar-refractivity contribution < 1.29 is 0 Å². The normalized spacial score (nSPS) is 15.9. The molecule has 1 aromatic carbocycles. The van der Waals surface area contributed by atoms with Crippen molar-refractivity contribution in [2.75, 3.05) is 32.1 Å². The predicted octanol–water partition coefficient (Wildman–Crippen LogP) is 2.91. The van der Waals surface area contributed by atoms with Crippen LogP contribution in [0.5, 0.6) is 0 Å². The van der Waals surface area contributed by atoms with Gasteiger partial charge in [0.2, 0.25) is 0 Å². The van der Waals surface area contributed by atoms with E-state index in [1.54, 1.807) is 0 Å². The fourth-order valence-electron chi connectivity index (χ4n) is 2.65. The van der Waals surface area contributed by atoms with E-state index >= 15 is 0 Å². The van der Waals surface area contributed by atoms with E-state index in [0.717, 1.165) is 13.0 Å². The molecule has 0 unspecified atom stereocenters. The Kier molecular flexibility index (Phi) is 4.06. The summed E-state index contributed by atoms with van der Waals surface area (Å²) in [5.74, 6) is 0. The van der Waals surface area contributed by atoms with Gasteiger partial charge in [0.05, 0.1) is 0 Å². The van der Waals surface area contributed by atoms with Gasteiger partial charge in [0.25, 0.3) is 0 Å². The number of hydrogen-bond acceptors (Lipinski definition) is 2. The number of aryl methyl sites for hydroxylation is 1. The van der Waals surface area contributed by atoms with Crippen LogP contribution in [0.4, 0.5) is 5.69 Å². The predicted molar refractivity (Wildman–Crippen MR) is 74.7 cm³/mol. The summed E-state index contributed by atoms with van der Waals surface area (Å²) in [6.07, 6.45) is 3.83. The zero-order valence-corrected chi connectivity index (χ0v) is 11.4. The Morgan fingerprint density at radius 1 is 1.18 bits per heavy atom. The van der Waals surface area contributed by atoms with Crippen LogP contribution in [0.1, 0.15) is 30.9 Å². The Morgan fingerprint density at radius 2 is 1.88 bits per heavy atom. The summed E-state index contributed by atoms with van der Waals surface area (Å²) in [5, 5.41) is 0. The Morgan fingerprint density at radius 3 is 2.47 bits per heavy atom. The molecular formula is C15H24N2. The molecule has 0 bridgehead atoms. The van der Waals surface area contributed by atoms with E-state index in [2.05, 4.69) is 49.0 Å². The number of anilines is 1. The largest absolute Gasteiger partial charge is 0.371 e. The molecule has 1 heterocycles. The molecule has 1 fully saturated rings. The highest BCUT2D eigenvalue weighted by atomic mass is 15.1. The molecule has 2 nitrogen and oxygen atoms in total. The Hall–Kier alpha value is -1.02. The average Bonchev–Trinajstić information content (AvgIpc) is 2.81. The minimum Gasteiger partial charge on any atom is -0.371 e. The smallest absolute Gasteiger partial charge is 0.0398 e. The SMILES string of the molecule is CCc1cc(CN(C)C)ccc1N1CCCC1. The van der Waals surface area contributed by atoms with Crippen molar-refractivity contribution in [2.45, 2.75) is 32.7 Å². The van der Waals surface area contributed by atoms with Crippen molar-refractivity contribution in [1.29, 1.82) is 0 Å². The molecule has 2 heteroatoms. The lowest BCUT2D eigenvalue weighted by atomic mass is 10.1. The highest BCUT2D eigenvalue weighted by Crippen LogP contribution is 2.26. The summed E-state index contributed by atoms with van der Waals surface area (Å²) in [5.41, 5.74) is 4.40. The fraction of sp³-hybridized carbons (Fsp3) is 0.600. The van der Waals surface area contributed by atoms with Crippen LogP contribution in [0.2, 0.25) is 0 Å². The van der Waals surface area contributed by atoms with Crippen LogP contribution in [0, 0.1) is 0 Å². The van der Waals surface area contributed by atoms with Crippen molar-refractivity contribution in [1.82, 2.24) is 4.90 Å². The quantitative estimate of drug-likeness (QED) is 0.787. The molecule has 1 aliphatic heterocycles. The molecule has 2 rings (SSSR count). The Labute approximate surface area is 105 Å². The molecule has 17 heavy (non-hydrogen) atoms. The summed E-state index contributed by atoms with van der Waals surface area (Å²) >= 11 is 0. The summed E-state index contributed by atoms with van der Waals surface area (Å²) in [4.78, 5) is 4.77. The first-order valence-electron chi connectivity index (χ1n) is 6.72. The molecule has 0 atom stereocenters. The summed E-state index contributed by atoms with van der Waals surface area (Å²) in [6.45, 7) is 5.77. The second-order valence-corrected chi connectivity index (χ2v) is 5.25. The van der Waals surface area contributed by atoms with Gasteiger partial charge in [-0.3, -0.25) is 0 Å². The molecule has 1 aliphatic rings. The van der Waals surface area contributed by atoms with E-state index in [4.69, 9.17) is 0 Å². The van der Waals surface area contributed by atoms with Gasteiger partial charge in [-0.2, -0.15) is 0 Å². The number of rotatable bonds is 4. The third-order valence-electron chi connectivity index (χ3n) is 3.47. The molecular weight excluding hydrogens is 208 g/mol. The summed E-state index contributed by atoms with van der Waals surface area (Å²) in [7, 11) is 4.25. The van der Waals surface area contributed by atoms with Crippen LogP contribution in [0.25, 0.3) is 0 Å². The first kappa shape index (κ1) is 12.4. The van der Waals surface area contributed by atoms with Gasteiger partial charge in [-0.05, 0) is 50.6 Å². The van der Waals surface area contributed by atoms with Gasteiger partial charge >= 0.3 is 0 Å². The van der Waals surface area contributed by atoms with Crippen molar-refractivity contribution >= 4 is 5.69 Å². The number of nitrogens with zero attached hydrogens (tertiary/aromatic N) is 2. The molecule has 0 aliphatic carbocycles. The van der Waals surface area contributed by atoms with E-state index in [9.17, 15) is 0 Å². The van der Waals surface area contributed by atoms with E-state index in [1.807, 2.05) is 0 Å². The number of benzene rings is 1. The summed E-state index contributed by atoms with van der Waals surface area (Å²) in [6, 6.07) is 6.99. The first-order chi connectivity index (χ1) is 8.20. The van der Waals surface area contributed by atoms with E-state index in [0.29, 0.717) is 0 Å². The highest BCUT2D eigenvalue weighted by molar-refractivity contribution is 5.55. The second kappa shape index (κ2) is 5.54. The maximum atomic E-state index is 2.54. The van der Waals surface area contributed by atoms with Gasteiger partial charge in [-0.1, -0.05) is 19.1 Å². The van der Waals surface area contributed by atoms with E-state index in [1.165, 1.54) is 42.7 Å². The highest BCUT2D eigenvalue weighted by Gasteiger charge is 2.15. The zero-order valence-electron chi connectivity index (χ0n) is 11.4. The monoisotopic (exact) mass is 232 g/mol. The summed E-state index contributed by atoms with van der Waals surface area (Å²) < 4.78 is 0. The molecule has 0 N–H and O–H groups in total. The van der Waals surface area contributed by atoms with Crippen LogP contribution < -0.4 is 4.90 Å². The van der Waals surface area contributed by atoms with Crippen LogP contribution in [0.15, 0.2) is 18.2 Å². The van der Waals surface area contributed by atoms with Crippen LogP contribution in [-0.2, 0) is 13.0 Å². The lowest BCUT2D eigenvalue weighted by Gasteiger charge is -2.22. The average molecular weight is 232 g/mol. The third kappa shape index (κ3) is 3.01. The standard InChI is InChI=1S/C15H24N2/c1-4-14-11-13(12-16(2)3)7-8-15(14)17-9-5-6-10-17/h7-8,11H,4-6,9-10,12H2,1-3H3. The van der Waals surface area contributed by atoms with Crippen molar-refractivity contribution in [2.24, 2.45) is 0 Å². The minimum atomic E-state index is 1.03. The molecule has 0 saturated carbocycles. The molecule has 1 aromatic rings. The van der Waals surface area contributed by atoms with Crippen molar-refractivity contribution in [3.05, 3.63) is 29.3 Å². The van der Waals surface area contributed by atoms with Crippen LogP contribution >= 0.6 is 0 Å². The Balaban J connectivity index is 2.21. The van der Waals surface area contributed by atoms with Gasteiger partial charge in [-0.25, -0.2) is 0 Å². The second-order valence-electron chi connectivity index (χ2n) is 5.25. The van der Waals surface area contributed by atoms with Gasteiger partial charge in [-0.15, -0.1) is 0 Å². The molecule has 0 spiro atoms. The van der Waals surface area contributed by atoms with E-state index in [-0.39, 0.29) is 0 Å². The number of hydrogen-bond donors (Lipinski definition) is 0. The van der Waals surface area contributed by atoms with Crippen molar-refractivity contribution in [3.63, 3.8) is 0 Å². The van der Waals surface area contributed by atoms with Crippen LogP contribution in [0.3, 0.4) is 0 Å². The lowest BCUT2D eigenvalue weighted by Crippen LogP contribution is -2.19. The molecule has 0 aromatic heterocycles. The van der Waals surface area contributed by atoms with Gasteiger partial charge in [0.15, 0.2) is 0 Å². The third-order valence-corrected chi connectivity index (χ3v) is 3.47. The molecule has 1 saturated heterocycles. The molecule has 94 valence electrons. The van der Waals surface area contributed by atoms with E-state index < -0.39 is 0 Å². The molecule has 0 amide bonds. The Bertz CT molecular complexity index is 365. The van der Waals surface area contributed by atoms with Gasteiger partial charge < -0.3 is 9.80 Å². The maximum absolute atomic E-state index is 2.54.